The number of nitrogens with zero attached hydrogens (tertiary/aromatic N) is 1. The second-order valence-corrected chi connectivity index (χ2v) is 5.42. The molecule has 1 aromatic carbocycles. The number of amides is 3. The number of nitrogens with two attached hydrogens (primary N) is 1. The molecule has 2 aromatic rings. The molecule has 126 valence electrons. The van der Waals surface area contributed by atoms with Gasteiger partial charge in [-0.1, -0.05) is 17.7 Å². The lowest BCUT2D eigenvalue weighted by Crippen LogP contribution is -2.43. The molecule has 24 heavy (non-hydrogen) atoms. The summed E-state index contributed by atoms with van der Waals surface area (Å²) >= 11 is 6.19. The van der Waals surface area contributed by atoms with Crippen molar-refractivity contribution >= 4 is 29.2 Å². The fraction of sp³-hybridized carbons (Fsp3) is 0.188. The minimum Gasteiger partial charge on any atom is -0.487 e. The van der Waals surface area contributed by atoms with E-state index in [0.717, 1.165) is 5.56 Å². The second kappa shape index (κ2) is 8.16. The van der Waals surface area contributed by atoms with Gasteiger partial charge in [-0.05, 0) is 31.2 Å². The van der Waals surface area contributed by atoms with Gasteiger partial charge < -0.3 is 15.8 Å². The number of rotatable bonds is 6. The second-order valence-electron chi connectivity index (χ2n) is 5.01. The van der Waals surface area contributed by atoms with Gasteiger partial charge in [0.1, 0.15) is 18.4 Å². The van der Waals surface area contributed by atoms with Crippen LogP contribution in [0.5, 0.6) is 5.75 Å². The molecule has 0 unspecified atom stereocenters. The summed E-state index contributed by atoms with van der Waals surface area (Å²) in [6.07, 6.45) is 3.40. The summed E-state index contributed by atoms with van der Waals surface area (Å²) in [5.74, 6) is -0.0177. The van der Waals surface area contributed by atoms with Crippen molar-refractivity contribution in [2.24, 2.45) is 5.73 Å². The monoisotopic (exact) mass is 348 g/mol. The summed E-state index contributed by atoms with van der Waals surface area (Å²) in [6.45, 7) is 1.94. The van der Waals surface area contributed by atoms with E-state index < -0.39 is 18.0 Å². The van der Waals surface area contributed by atoms with E-state index in [2.05, 4.69) is 10.3 Å². The van der Waals surface area contributed by atoms with Crippen LogP contribution >= 0.6 is 11.6 Å². The van der Waals surface area contributed by atoms with Gasteiger partial charge >= 0.3 is 6.03 Å². The molecule has 0 saturated heterocycles. The number of pyridine rings is 1. The Morgan fingerprint density at radius 3 is 2.79 bits per heavy atom. The summed E-state index contributed by atoms with van der Waals surface area (Å²) < 4.78 is 5.64. The van der Waals surface area contributed by atoms with E-state index in [1.54, 1.807) is 37.5 Å². The molecule has 0 radical (unpaired) electrons. The zero-order chi connectivity index (χ0) is 17.5. The molecule has 1 heterocycles. The van der Waals surface area contributed by atoms with Gasteiger partial charge in [-0.3, -0.25) is 15.1 Å². The largest absolute Gasteiger partial charge is 0.487 e. The summed E-state index contributed by atoms with van der Waals surface area (Å²) in [4.78, 5) is 26.3. The van der Waals surface area contributed by atoms with E-state index in [9.17, 15) is 9.59 Å². The molecular formula is C16H17ClN4O3. The minimum atomic E-state index is -0.897. The highest BCUT2D eigenvalue weighted by Gasteiger charge is 2.14. The molecular weight excluding hydrogens is 332 g/mol. The Morgan fingerprint density at radius 1 is 1.38 bits per heavy atom. The van der Waals surface area contributed by atoms with Crippen LogP contribution in [0.3, 0.4) is 0 Å². The molecule has 0 aliphatic carbocycles. The Bertz CT molecular complexity index is 725. The van der Waals surface area contributed by atoms with Gasteiger partial charge in [0.05, 0.1) is 5.02 Å². The first kappa shape index (κ1) is 17.6. The highest BCUT2D eigenvalue weighted by Crippen LogP contribution is 2.28. The van der Waals surface area contributed by atoms with E-state index in [1.807, 2.05) is 17.4 Å². The van der Waals surface area contributed by atoms with Gasteiger partial charge in [0.15, 0.2) is 0 Å². The Hall–Kier alpha value is -2.80. The summed E-state index contributed by atoms with van der Waals surface area (Å²) in [7, 11) is 0. The minimum absolute atomic E-state index is 0.345. The van der Waals surface area contributed by atoms with E-state index >= 15 is 0 Å². The molecule has 2 rings (SSSR count). The number of imide groups is 1. The number of hydrogen-bond donors (Lipinski definition) is 3. The average Bonchev–Trinajstić information content (AvgIpc) is 2.54. The average molecular weight is 349 g/mol. The number of nitrogens with one attached hydrogen (secondary N) is 2. The molecule has 0 bridgehead atoms. The third kappa shape index (κ3) is 5.13. The summed E-state index contributed by atoms with van der Waals surface area (Å²) in [5, 5.41) is 5.31. The molecule has 1 aromatic heterocycles. The Morgan fingerprint density at radius 2 is 2.17 bits per heavy atom. The fourth-order valence-corrected chi connectivity index (χ4v) is 2.13. The van der Waals surface area contributed by atoms with Crippen LogP contribution in [0.25, 0.3) is 0 Å². The summed E-state index contributed by atoms with van der Waals surface area (Å²) in [5.41, 5.74) is 6.44. The maximum atomic E-state index is 11.6. The number of aromatic nitrogens is 1. The normalized spacial score (nSPS) is 11.4. The molecule has 0 spiro atoms. The van der Waals surface area contributed by atoms with Crippen molar-refractivity contribution in [1.82, 2.24) is 10.3 Å². The SMILES string of the molecule is C[C@@H](Nc1ccc(OCc2cccnc2)c(Cl)c1)C(=O)NC(N)=O. The lowest BCUT2D eigenvalue weighted by Gasteiger charge is -2.15. The standard InChI is InChI=1S/C16H17ClN4O3/c1-10(15(22)21-16(18)23)20-12-4-5-14(13(17)7-12)24-9-11-3-2-6-19-8-11/h2-8,10,20H,9H2,1H3,(H3,18,21,22,23)/t10-/m1/s1. The number of ether oxygens (including phenoxy) is 1. The van der Waals surface area contributed by atoms with Crippen LogP contribution in [0.1, 0.15) is 12.5 Å². The fourth-order valence-electron chi connectivity index (χ4n) is 1.90. The van der Waals surface area contributed by atoms with Gasteiger partial charge in [0, 0.05) is 23.6 Å². The first-order valence-corrected chi connectivity index (χ1v) is 7.51. The number of anilines is 1. The van der Waals surface area contributed by atoms with Crippen molar-refractivity contribution in [3.63, 3.8) is 0 Å². The Kier molecular flexibility index (Phi) is 5.97. The van der Waals surface area contributed by atoms with Crippen molar-refractivity contribution in [1.29, 1.82) is 0 Å². The third-order valence-electron chi connectivity index (χ3n) is 3.07. The molecule has 3 amide bonds. The van der Waals surface area contributed by atoms with E-state index in [0.29, 0.717) is 23.1 Å². The lowest BCUT2D eigenvalue weighted by molar-refractivity contribution is -0.120. The van der Waals surface area contributed by atoms with Crippen LogP contribution in [0.15, 0.2) is 42.7 Å². The van der Waals surface area contributed by atoms with Crippen LogP contribution in [0.2, 0.25) is 5.02 Å². The summed E-state index contributed by atoms with van der Waals surface area (Å²) in [6, 6.07) is 7.22. The molecule has 0 fully saturated rings. The van der Waals surface area contributed by atoms with Gasteiger partial charge in [0.2, 0.25) is 5.91 Å². The molecule has 8 heteroatoms. The predicted octanol–water partition coefficient (Wildman–Crippen LogP) is 2.31. The zero-order valence-electron chi connectivity index (χ0n) is 13.0. The molecule has 7 nitrogen and oxygen atoms in total. The highest BCUT2D eigenvalue weighted by atomic mass is 35.5. The van der Waals surface area contributed by atoms with Crippen molar-refractivity contribution < 1.29 is 14.3 Å². The van der Waals surface area contributed by atoms with Gasteiger partial charge in [-0.15, -0.1) is 0 Å². The van der Waals surface area contributed by atoms with Crippen LogP contribution in [0.4, 0.5) is 10.5 Å². The highest BCUT2D eigenvalue weighted by molar-refractivity contribution is 6.32. The van der Waals surface area contributed by atoms with Gasteiger partial charge in [0.25, 0.3) is 0 Å². The maximum absolute atomic E-state index is 11.6. The number of primary amides is 1. The van der Waals surface area contributed by atoms with Crippen molar-refractivity contribution in [2.45, 2.75) is 19.6 Å². The smallest absolute Gasteiger partial charge is 0.318 e. The van der Waals surface area contributed by atoms with Crippen LogP contribution in [0, 0.1) is 0 Å². The number of benzene rings is 1. The van der Waals surface area contributed by atoms with E-state index in [1.165, 1.54) is 0 Å². The van der Waals surface area contributed by atoms with Crippen molar-refractivity contribution in [2.75, 3.05) is 5.32 Å². The van der Waals surface area contributed by atoms with E-state index in [4.69, 9.17) is 22.1 Å². The number of urea groups is 1. The third-order valence-corrected chi connectivity index (χ3v) is 3.37. The molecule has 0 aliphatic rings. The molecule has 0 saturated carbocycles. The molecule has 0 aliphatic heterocycles. The van der Waals surface area contributed by atoms with Crippen LogP contribution in [-0.2, 0) is 11.4 Å². The Labute approximate surface area is 144 Å². The first-order chi connectivity index (χ1) is 11.5. The number of carbonyl (C=O) groups is 2. The quantitative estimate of drug-likeness (QED) is 0.742. The van der Waals surface area contributed by atoms with Gasteiger partial charge in [-0.25, -0.2) is 4.79 Å². The number of halogens is 1. The van der Waals surface area contributed by atoms with Gasteiger partial charge in [-0.2, -0.15) is 0 Å². The maximum Gasteiger partial charge on any atom is 0.318 e. The zero-order valence-corrected chi connectivity index (χ0v) is 13.7. The van der Waals surface area contributed by atoms with Crippen LogP contribution in [-0.4, -0.2) is 23.0 Å². The first-order valence-electron chi connectivity index (χ1n) is 7.14. The van der Waals surface area contributed by atoms with Crippen molar-refractivity contribution in [3.8, 4) is 5.75 Å². The van der Waals surface area contributed by atoms with E-state index in [-0.39, 0.29) is 0 Å². The molecule has 4 N–H and O–H groups in total. The predicted molar refractivity (Wildman–Crippen MR) is 90.8 cm³/mol. The van der Waals surface area contributed by atoms with Crippen LogP contribution < -0.4 is 21.1 Å². The number of hydrogen-bond acceptors (Lipinski definition) is 5. The Balaban J connectivity index is 1.96. The lowest BCUT2D eigenvalue weighted by atomic mass is 10.2. The topological polar surface area (TPSA) is 106 Å². The molecule has 1 atom stereocenters. The number of carbonyl (C=O) groups excluding carboxylic acids is 2. The van der Waals surface area contributed by atoms with Crippen molar-refractivity contribution in [3.05, 3.63) is 53.3 Å².